The third-order valence-corrected chi connectivity index (χ3v) is 3.09. The number of alkyl halides is 3. The number of nitrogens with one attached hydrogen (secondary N) is 2. The molecule has 0 spiro atoms. The smallest absolute Gasteiger partial charge is 0.416 e. The maximum Gasteiger partial charge on any atom is 0.416 e. The van der Waals surface area contributed by atoms with Crippen LogP contribution in [0, 0.1) is 10.1 Å². The summed E-state index contributed by atoms with van der Waals surface area (Å²) in [5, 5.41) is 15.3. The zero-order valence-electron chi connectivity index (χ0n) is 12.8. The maximum absolute atomic E-state index is 12.7. The number of halogens is 3. The van der Waals surface area contributed by atoms with Crippen molar-refractivity contribution in [1.82, 2.24) is 0 Å². The van der Waals surface area contributed by atoms with E-state index in [1.165, 1.54) is 19.2 Å². The number of benzene rings is 2. The SMILES string of the molecule is COc1cc([N+](=O)[O-])ccc1NC(=O)Nc1cccc(C(F)(F)F)c1. The number of carbonyl (C=O) groups is 1. The number of non-ortho nitro benzene ring substituents is 1. The van der Waals surface area contributed by atoms with E-state index in [0.29, 0.717) is 0 Å². The molecule has 0 bridgehead atoms. The van der Waals surface area contributed by atoms with Crippen LogP contribution in [0.25, 0.3) is 0 Å². The molecule has 132 valence electrons. The lowest BCUT2D eigenvalue weighted by Crippen LogP contribution is -2.20. The molecule has 0 radical (unpaired) electrons. The quantitative estimate of drug-likeness (QED) is 0.633. The standard InChI is InChI=1S/C15H12F3N3O4/c1-25-13-8-11(21(23)24)5-6-12(13)20-14(22)19-10-4-2-3-9(7-10)15(16,17)18/h2-8H,1H3,(H2,19,20,22). The van der Waals surface area contributed by atoms with Crippen LogP contribution in [0.4, 0.5) is 35.0 Å². The number of nitro groups is 1. The van der Waals surface area contributed by atoms with Crippen molar-refractivity contribution >= 4 is 23.1 Å². The molecule has 0 unspecified atom stereocenters. The van der Waals surface area contributed by atoms with Crippen molar-refractivity contribution in [3.8, 4) is 5.75 Å². The number of methoxy groups -OCH3 is 1. The van der Waals surface area contributed by atoms with Crippen LogP contribution >= 0.6 is 0 Å². The molecule has 2 amide bonds. The van der Waals surface area contributed by atoms with Crippen LogP contribution in [0.15, 0.2) is 42.5 Å². The Bertz CT molecular complexity index is 809. The summed E-state index contributed by atoms with van der Waals surface area (Å²) in [7, 11) is 1.26. The average molecular weight is 355 g/mol. The summed E-state index contributed by atoms with van der Waals surface area (Å²) >= 11 is 0. The van der Waals surface area contributed by atoms with Gasteiger partial charge in [-0.15, -0.1) is 0 Å². The fourth-order valence-corrected chi connectivity index (χ4v) is 1.95. The van der Waals surface area contributed by atoms with Gasteiger partial charge in [-0.2, -0.15) is 13.2 Å². The Kier molecular flexibility index (Phi) is 5.11. The van der Waals surface area contributed by atoms with E-state index >= 15 is 0 Å². The number of carbonyl (C=O) groups excluding carboxylic acids is 1. The second kappa shape index (κ2) is 7.07. The normalized spacial score (nSPS) is 10.9. The zero-order valence-corrected chi connectivity index (χ0v) is 12.8. The molecule has 0 fully saturated rings. The fraction of sp³-hybridized carbons (Fsp3) is 0.133. The Morgan fingerprint density at radius 1 is 1.16 bits per heavy atom. The molecule has 25 heavy (non-hydrogen) atoms. The van der Waals surface area contributed by atoms with Crippen molar-refractivity contribution in [2.45, 2.75) is 6.18 Å². The summed E-state index contributed by atoms with van der Waals surface area (Å²) in [4.78, 5) is 22.0. The molecule has 10 heteroatoms. The van der Waals surface area contributed by atoms with Gasteiger partial charge in [-0.05, 0) is 24.3 Å². The van der Waals surface area contributed by atoms with Crippen LogP contribution in [-0.4, -0.2) is 18.1 Å². The van der Waals surface area contributed by atoms with Crippen LogP contribution in [0.1, 0.15) is 5.56 Å². The molecule has 2 rings (SSSR count). The van der Waals surface area contributed by atoms with E-state index in [-0.39, 0.29) is 22.8 Å². The van der Waals surface area contributed by atoms with Gasteiger partial charge in [-0.1, -0.05) is 6.07 Å². The number of hydrogen-bond donors (Lipinski definition) is 2. The molecular weight excluding hydrogens is 343 g/mol. The molecular formula is C15H12F3N3O4. The van der Waals surface area contributed by atoms with Crippen LogP contribution < -0.4 is 15.4 Å². The molecule has 7 nitrogen and oxygen atoms in total. The van der Waals surface area contributed by atoms with E-state index in [4.69, 9.17) is 4.74 Å². The largest absolute Gasteiger partial charge is 0.494 e. The van der Waals surface area contributed by atoms with Crippen LogP contribution in [0.3, 0.4) is 0 Å². The van der Waals surface area contributed by atoms with Crippen molar-refractivity contribution in [3.05, 3.63) is 58.1 Å². The van der Waals surface area contributed by atoms with Gasteiger partial charge in [0.1, 0.15) is 5.75 Å². The lowest BCUT2D eigenvalue weighted by atomic mass is 10.2. The van der Waals surface area contributed by atoms with Crippen molar-refractivity contribution in [3.63, 3.8) is 0 Å². The van der Waals surface area contributed by atoms with Crippen LogP contribution in [0.2, 0.25) is 0 Å². The molecule has 0 aromatic heterocycles. The van der Waals surface area contributed by atoms with Gasteiger partial charge in [0.2, 0.25) is 0 Å². The molecule has 0 saturated heterocycles. The molecule has 0 aliphatic heterocycles. The lowest BCUT2D eigenvalue weighted by molar-refractivity contribution is -0.384. The Morgan fingerprint density at radius 2 is 1.88 bits per heavy atom. The number of rotatable bonds is 4. The molecule has 0 saturated carbocycles. The number of nitro benzene ring substituents is 1. The second-order valence-electron chi connectivity index (χ2n) is 4.80. The van der Waals surface area contributed by atoms with E-state index in [2.05, 4.69) is 10.6 Å². The molecule has 2 aromatic carbocycles. The van der Waals surface area contributed by atoms with E-state index in [9.17, 15) is 28.1 Å². The Labute approximate surface area is 139 Å². The van der Waals surface area contributed by atoms with Gasteiger partial charge < -0.3 is 15.4 Å². The van der Waals surface area contributed by atoms with E-state index in [0.717, 1.165) is 30.3 Å². The van der Waals surface area contributed by atoms with Gasteiger partial charge >= 0.3 is 12.2 Å². The average Bonchev–Trinajstić information content (AvgIpc) is 2.54. The highest BCUT2D eigenvalue weighted by Crippen LogP contribution is 2.31. The van der Waals surface area contributed by atoms with Crippen molar-refractivity contribution in [2.24, 2.45) is 0 Å². The van der Waals surface area contributed by atoms with Gasteiger partial charge in [0.25, 0.3) is 5.69 Å². The highest BCUT2D eigenvalue weighted by Gasteiger charge is 2.30. The first kappa shape index (κ1) is 18.0. The molecule has 2 aromatic rings. The molecule has 0 aliphatic rings. The second-order valence-corrected chi connectivity index (χ2v) is 4.80. The zero-order chi connectivity index (χ0) is 18.6. The summed E-state index contributed by atoms with van der Waals surface area (Å²) in [6.07, 6.45) is -4.53. The maximum atomic E-state index is 12.7. The highest BCUT2D eigenvalue weighted by atomic mass is 19.4. The minimum Gasteiger partial charge on any atom is -0.494 e. The number of urea groups is 1. The fourth-order valence-electron chi connectivity index (χ4n) is 1.95. The third-order valence-electron chi connectivity index (χ3n) is 3.09. The van der Waals surface area contributed by atoms with Gasteiger partial charge in [-0.3, -0.25) is 10.1 Å². The summed E-state index contributed by atoms with van der Waals surface area (Å²) < 4.78 is 42.9. The number of nitrogens with zero attached hydrogens (tertiary/aromatic N) is 1. The minimum atomic E-state index is -4.53. The lowest BCUT2D eigenvalue weighted by Gasteiger charge is -2.12. The minimum absolute atomic E-state index is 0.0355. The predicted octanol–water partition coefficient (Wildman–Crippen LogP) is 4.27. The Hall–Kier alpha value is -3.30. The van der Waals surface area contributed by atoms with E-state index < -0.39 is 22.7 Å². The topological polar surface area (TPSA) is 93.5 Å². The summed E-state index contributed by atoms with van der Waals surface area (Å²) in [6.45, 7) is 0. The predicted molar refractivity (Wildman–Crippen MR) is 83.7 cm³/mol. The van der Waals surface area contributed by atoms with Gasteiger partial charge in [0, 0.05) is 11.8 Å². The molecule has 0 atom stereocenters. The Morgan fingerprint density at radius 3 is 2.48 bits per heavy atom. The summed E-state index contributed by atoms with van der Waals surface area (Å²) in [6, 6.07) is 6.80. The van der Waals surface area contributed by atoms with Crippen LogP contribution in [0.5, 0.6) is 5.75 Å². The third kappa shape index (κ3) is 4.59. The monoisotopic (exact) mass is 355 g/mol. The van der Waals surface area contributed by atoms with E-state index in [1.54, 1.807) is 0 Å². The summed E-state index contributed by atoms with van der Waals surface area (Å²) in [5.41, 5.74) is -1.08. The van der Waals surface area contributed by atoms with E-state index in [1.807, 2.05) is 0 Å². The van der Waals surface area contributed by atoms with Crippen molar-refractivity contribution < 1.29 is 27.6 Å². The van der Waals surface area contributed by atoms with Gasteiger partial charge in [-0.25, -0.2) is 4.79 Å². The molecule has 2 N–H and O–H groups in total. The highest BCUT2D eigenvalue weighted by molar-refractivity contribution is 6.00. The van der Waals surface area contributed by atoms with Gasteiger partial charge in [0.15, 0.2) is 0 Å². The Balaban J connectivity index is 2.14. The number of amides is 2. The number of anilines is 2. The molecule has 0 heterocycles. The first-order chi connectivity index (χ1) is 11.7. The van der Waals surface area contributed by atoms with Crippen molar-refractivity contribution in [2.75, 3.05) is 17.7 Å². The number of hydrogen-bond acceptors (Lipinski definition) is 4. The first-order valence-corrected chi connectivity index (χ1v) is 6.78. The molecule has 0 aliphatic carbocycles. The first-order valence-electron chi connectivity index (χ1n) is 6.78. The van der Waals surface area contributed by atoms with Gasteiger partial charge in [0.05, 0.1) is 29.4 Å². The number of ether oxygens (including phenoxy) is 1. The van der Waals surface area contributed by atoms with Crippen molar-refractivity contribution in [1.29, 1.82) is 0 Å². The van der Waals surface area contributed by atoms with Crippen LogP contribution in [-0.2, 0) is 6.18 Å². The summed E-state index contributed by atoms with van der Waals surface area (Å²) in [5.74, 6) is 0.0355.